The summed E-state index contributed by atoms with van der Waals surface area (Å²) in [5.41, 5.74) is 0. The molecule has 1 aliphatic heterocycles. The average Bonchev–Trinajstić information content (AvgIpc) is 2.59. The third-order valence-electron chi connectivity index (χ3n) is 2.27. The van der Waals surface area contributed by atoms with Gasteiger partial charge in [-0.3, -0.25) is 0 Å². The van der Waals surface area contributed by atoms with E-state index in [9.17, 15) is 8.42 Å². The molecule has 1 unspecified atom stereocenters. The van der Waals surface area contributed by atoms with Crippen LogP contribution in [0.2, 0.25) is 5.15 Å². The van der Waals surface area contributed by atoms with Gasteiger partial charge in [-0.1, -0.05) is 11.6 Å². The minimum Gasteiger partial charge on any atom is -0.504 e. The molecule has 1 saturated heterocycles. The zero-order valence-corrected chi connectivity index (χ0v) is 8.79. The maximum absolute atomic E-state index is 11.2. The van der Waals surface area contributed by atoms with Crippen molar-refractivity contribution in [3.8, 4) is 5.75 Å². The number of sulfone groups is 1. The molecule has 1 atom stereocenters. The van der Waals surface area contributed by atoms with Crippen molar-refractivity contribution >= 4 is 21.4 Å². The van der Waals surface area contributed by atoms with Gasteiger partial charge in [-0.2, -0.15) is 5.10 Å². The van der Waals surface area contributed by atoms with E-state index in [1.54, 1.807) is 0 Å². The highest BCUT2D eigenvalue weighted by Gasteiger charge is 2.31. The minimum absolute atomic E-state index is 0.0494. The van der Waals surface area contributed by atoms with Gasteiger partial charge in [-0.25, -0.2) is 13.1 Å². The highest BCUT2D eigenvalue weighted by Crippen LogP contribution is 2.30. The van der Waals surface area contributed by atoms with Crippen molar-refractivity contribution in [2.75, 3.05) is 11.5 Å². The summed E-state index contributed by atoms with van der Waals surface area (Å²) in [7, 11) is -2.95. The van der Waals surface area contributed by atoms with Crippen molar-refractivity contribution in [3.63, 3.8) is 0 Å². The van der Waals surface area contributed by atoms with Crippen LogP contribution in [0.4, 0.5) is 0 Å². The van der Waals surface area contributed by atoms with Gasteiger partial charge in [-0.05, 0) is 6.42 Å². The largest absolute Gasteiger partial charge is 0.504 e. The smallest absolute Gasteiger partial charge is 0.173 e. The lowest BCUT2D eigenvalue weighted by Crippen LogP contribution is -2.12. The molecule has 78 valence electrons. The van der Waals surface area contributed by atoms with E-state index in [1.807, 2.05) is 0 Å². The summed E-state index contributed by atoms with van der Waals surface area (Å²) in [5, 5.41) is 13.1. The fourth-order valence-electron chi connectivity index (χ4n) is 1.56. The molecule has 0 radical (unpaired) electrons. The lowest BCUT2D eigenvalue weighted by molar-refractivity contribution is 0.466. The molecule has 0 aromatic carbocycles. The summed E-state index contributed by atoms with van der Waals surface area (Å²) < 4.78 is 23.7. The Morgan fingerprint density at radius 1 is 1.64 bits per heavy atom. The number of rotatable bonds is 1. The third kappa shape index (κ3) is 1.59. The molecular weight excluding hydrogens is 228 g/mol. The monoisotopic (exact) mass is 236 g/mol. The van der Waals surface area contributed by atoms with E-state index >= 15 is 0 Å². The Hall–Kier alpha value is -0.750. The quantitative estimate of drug-likeness (QED) is 0.775. The molecule has 2 rings (SSSR count). The molecule has 14 heavy (non-hydrogen) atoms. The molecule has 7 heteroatoms. The summed E-state index contributed by atoms with van der Waals surface area (Å²) in [4.78, 5) is 0. The van der Waals surface area contributed by atoms with Crippen molar-refractivity contribution < 1.29 is 13.5 Å². The standard InChI is InChI=1S/C7H9ClN2O3S/c8-7-6(11)3-9-10(7)5-1-2-14(12,13)4-5/h3,5,11H,1-2,4H2. The normalized spacial score (nSPS) is 25.4. The number of hydrogen-bond acceptors (Lipinski definition) is 4. The maximum Gasteiger partial charge on any atom is 0.173 e. The lowest BCUT2D eigenvalue weighted by atomic mass is 10.3. The van der Waals surface area contributed by atoms with Crippen LogP contribution in [0.25, 0.3) is 0 Å². The van der Waals surface area contributed by atoms with E-state index in [1.165, 1.54) is 10.9 Å². The molecule has 0 aliphatic carbocycles. The van der Waals surface area contributed by atoms with Gasteiger partial charge >= 0.3 is 0 Å². The molecule has 2 heterocycles. The average molecular weight is 237 g/mol. The maximum atomic E-state index is 11.2. The van der Waals surface area contributed by atoms with Crippen LogP contribution in [0.5, 0.6) is 5.75 Å². The van der Waals surface area contributed by atoms with Crippen LogP contribution >= 0.6 is 11.6 Å². The van der Waals surface area contributed by atoms with Crippen LogP contribution < -0.4 is 0 Å². The predicted octanol–water partition coefficient (Wildman–Crippen LogP) is 0.602. The van der Waals surface area contributed by atoms with Crippen LogP contribution in [0, 0.1) is 0 Å². The molecule has 1 N–H and O–H groups in total. The minimum atomic E-state index is -2.95. The molecule has 1 aliphatic rings. The number of aromatic hydroxyl groups is 1. The van der Waals surface area contributed by atoms with Gasteiger partial charge in [-0.15, -0.1) is 0 Å². The molecule has 0 spiro atoms. The zero-order valence-electron chi connectivity index (χ0n) is 7.22. The van der Waals surface area contributed by atoms with Gasteiger partial charge in [0, 0.05) is 0 Å². The number of aromatic nitrogens is 2. The summed E-state index contributed by atoms with van der Waals surface area (Å²) >= 11 is 5.74. The molecule has 1 fully saturated rings. The van der Waals surface area contributed by atoms with Crippen molar-refractivity contribution in [3.05, 3.63) is 11.3 Å². The van der Waals surface area contributed by atoms with Gasteiger partial charge in [0.05, 0.1) is 23.7 Å². The number of nitrogens with zero attached hydrogens (tertiary/aromatic N) is 2. The Bertz CT molecular complexity index is 454. The van der Waals surface area contributed by atoms with Crippen molar-refractivity contribution in [1.82, 2.24) is 9.78 Å². The first-order chi connectivity index (χ1) is 6.49. The molecule has 0 saturated carbocycles. The topological polar surface area (TPSA) is 72.2 Å². The summed E-state index contributed by atoms with van der Waals surface area (Å²) in [6.07, 6.45) is 1.72. The van der Waals surface area contributed by atoms with Crippen LogP contribution in [0.1, 0.15) is 12.5 Å². The van der Waals surface area contributed by atoms with Crippen LogP contribution in [-0.2, 0) is 9.84 Å². The van der Waals surface area contributed by atoms with Crippen LogP contribution in [0.15, 0.2) is 6.20 Å². The fourth-order valence-corrected chi connectivity index (χ4v) is 3.48. The molecular formula is C7H9ClN2O3S. The Labute approximate surface area is 86.2 Å². The molecule has 0 bridgehead atoms. The van der Waals surface area contributed by atoms with E-state index < -0.39 is 9.84 Å². The fraction of sp³-hybridized carbons (Fsp3) is 0.571. The third-order valence-corrected chi connectivity index (χ3v) is 4.39. The predicted molar refractivity (Wildman–Crippen MR) is 51.2 cm³/mol. The van der Waals surface area contributed by atoms with Crippen LogP contribution in [-0.4, -0.2) is 34.8 Å². The van der Waals surface area contributed by atoms with Crippen molar-refractivity contribution in [2.24, 2.45) is 0 Å². The second kappa shape index (κ2) is 3.13. The van der Waals surface area contributed by atoms with Gasteiger partial charge < -0.3 is 5.11 Å². The number of hydrogen-bond donors (Lipinski definition) is 1. The highest BCUT2D eigenvalue weighted by molar-refractivity contribution is 7.91. The van der Waals surface area contributed by atoms with Crippen LogP contribution in [0.3, 0.4) is 0 Å². The van der Waals surface area contributed by atoms with E-state index in [2.05, 4.69) is 5.10 Å². The summed E-state index contributed by atoms with van der Waals surface area (Å²) in [5.74, 6) is 0.0959. The first kappa shape index (κ1) is 9.79. The Balaban J connectivity index is 2.30. The molecule has 1 aromatic rings. The second-order valence-electron chi connectivity index (χ2n) is 3.32. The molecule has 5 nitrogen and oxygen atoms in total. The van der Waals surface area contributed by atoms with E-state index in [-0.39, 0.29) is 28.5 Å². The Kier molecular flexibility index (Phi) is 2.19. The highest BCUT2D eigenvalue weighted by atomic mass is 35.5. The Morgan fingerprint density at radius 3 is 2.79 bits per heavy atom. The van der Waals surface area contributed by atoms with E-state index in [4.69, 9.17) is 16.7 Å². The molecule has 0 amide bonds. The number of halogens is 1. The van der Waals surface area contributed by atoms with Gasteiger partial charge in [0.2, 0.25) is 0 Å². The Morgan fingerprint density at radius 2 is 2.36 bits per heavy atom. The van der Waals surface area contributed by atoms with Crippen molar-refractivity contribution in [2.45, 2.75) is 12.5 Å². The zero-order chi connectivity index (χ0) is 10.3. The summed E-state index contributed by atoms with van der Waals surface area (Å²) in [6, 6.07) is -0.242. The van der Waals surface area contributed by atoms with Gasteiger partial charge in [0.1, 0.15) is 0 Å². The first-order valence-electron chi connectivity index (χ1n) is 4.12. The van der Waals surface area contributed by atoms with Gasteiger partial charge in [0.15, 0.2) is 20.7 Å². The SMILES string of the molecule is O=S1(=O)CCC(n2ncc(O)c2Cl)C1. The second-order valence-corrected chi connectivity index (χ2v) is 5.91. The van der Waals surface area contributed by atoms with E-state index in [0.717, 1.165) is 0 Å². The summed E-state index contributed by atoms with van der Waals surface area (Å²) in [6.45, 7) is 0. The lowest BCUT2D eigenvalue weighted by Gasteiger charge is -2.08. The molecule has 1 aromatic heterocycles. The van der Waals surface area contributed by atoms with E-state index in [0.29, 0.717) is 6.42 Å². The first-order valence-corrected chi connectivity index (χ1v) is 6.32. The van der Waals surface area contributed by atoms with Gasteiger partial charge in [0.25, 0.3) is 0 Å². The van der Waals surface area contributed by atoms with Crippen molar-refractivity contribution in [1.29, 1.82) is 0 Å².